The van der Waals surface area contributed by atoms with Crippen molar-refractivity contribution in [2.45, 2.75) is 6.92 Å². The maximum atomic E-state index is 12.5. The van der Waals surface area contributed by atoms with Crippen molar-refractivity contribution in [1.82, 2.24) is 9.88 Å². The molecule has 0 radical (unpaired) electrons. The molecular formula is C17H19N3O2. The number of morpholine rings is 1. The van der Waals surface area contributed by atoms with Gasteiger partial charge in [-0.1, -0.05) is 18.2 Å². The van der Waals surface area contributed by atoms with Gasteiger partial charge in [-0.2, -0.15) is 0 Å². The van der Waals surface area contributed by atoms with Crippen LogP contribution in [-0.4, -0.2) is 42.1 Å². The number of aromatic nitrogens is 1. The van der Waals surface area contributed by atoms with Gasteiger partial charge in [0.1, 0.15) is 5.69 Å². The maximum absolute atomic E-state index is 12.5. The van der Waals surface area contributed by atoms with E-state index in [0.717, 1.165) is 16.9 Å². The number of carbonyl (C=O) groups excluding carboxylic acids is 1. The van der Waals surface area contributed by atoms with Gasteiger partial charge in [-0.3, -0.25) is 9.78 Å². The second kappa shape index (κ2) is 6.58. The molecule has 0 unspecified atom stereocenters. The summed E-state index contributed by atoms with van der Waals surface area (Å²) >= 11 is 0. The summed E-state index contributed by atoms with van der Waals surface area (Å²) < 4.78 is 5.28. The summed E-state index contributed by atoms with van der Waals surface area (Å²) in [5.74, 6) is -0.0447. The minimum atomic E-state index is -0.0447. The summed E-state index contributed by atoms with van der Waals surface area (Å²) in [7, 11) is 0. The summed E-state index contributed by atoms with van der Waals surface area (Å²) in [5, 5.41) is 3.33. The predicted octanol–water partition coefficient (Wildman–Crippen LogP) is 2.61. The molecule has 1 N–H and O–H groups in total. The van der Waals surface area contributed by atoms with Gasteiger partial charge in [-0.25, -0.2) is 0 Å². The van der Waals surface area contributed by atoms with Crippen LogP contribution in [0.5, 0.6) is 0 Å². The zero-order valence-corrected chi connectivity index (χ0v) is 12.6. The summed E-state index contributed by atoms with van der Waals surface area (Å²) in [4.78, 5) is 18.4. The van der Waals surface area contributed by atoms with Crippen molar-refractivity contribution in [3.63, 3.8) is 0 Å². The van der Waals surface area contributed by atoms with Crippen molar-refractivity contribution >= 4 is 17.3 Å². The SMILES string of the molecule is Cc1ccccc1Nc1ccnc(C(=O)N2CCOCC2)c1. The molecule has 114 valence electrons. The molecule has 22 heavy (non-hydrogen) atoms. The topological polar surface area (TPSA) is 54.5 Å². The van der Waals surface area contributed by atoms with E-state index in [1.54, 1.807) is 17.2 Å². The third-order valence-corrected chi connectivity index (χ3v) is 3.70. The molecule has 0 bridgehead atoms. The summed E-state index contributed by atoms with van der Waals surface area (Å²) in [6.07, 6.45) is 1.66. The highest BCUT2D eigenvalue weighted by atomic mass is 16.5. The van der Waals surface area contributed by atoms with Crippen LogP contribution in [-0.2, 0) is 4.74 Å². The molecular weight excluding hydrogens is 278 g/mol. The lowest BCUT2D eigenvalue weighted by Crippen LogP contribution is -2.41. The number of hydrogen-bond donors (Lipinski definition) is 1. The Morgan fingerprint density at radius 2 is 2.00 bits per heavy atom. The van der Waals surface area contributed by atoms with Crippen LogP contribution >= 0.6 is 0 Å². The molecule has 1 saturated heterocycles. The fraction of sp³-hybridized carbons (Fsp3) is 0.294. The highest BCUT2D eigenvalue weighted by Gasteiger charge is 2.19. The Balaban J connectivity index is 1.77. The molecule has 0 spiro atoms. The second-order valence-corrected chi connectivity index (χ2v) is 5.27. The van der Waals surface area contributed by atoms with Crippen molar-refractivity contribution in [2.24, 2.45) is 0 Å². The van der Waals surface area contributed by atoms with Gasteiger partial charge in [-0.15, -0.1) is 0 Å². The van der Waals surface area contributed by atoms with E-state index in [1.165, 1.54) is 0 Å². The van der Waals surface area contributed by atoms with Crippen molar-refractivity contribution in [3.05, 3.63) is 53.9 Å². The molecule has 1 aliphatic rings. The molecule has 3 rings (SSSR count). The Labute approximate surface area is 129 Å². The van der Waals surface area contributed by atoms with E-state index in [1.807, 2.05) is 37.3 Å². The van der Waals surface area contributed by atoms with Crippen LogP contribution in [0.2, 0.25) is 0 Å². The zero-order chi connectivity index (χ0) is 15.4. The minimum absolute atomic E-state index is 0.0447. The third-order valence-electron chi connectivity index (χ3n) is 3.70. The Hall–Kier alpha value is -2.40. The highest BCUT2D eigenvalue weighted by Crippen LogP contribution is 2.20. The average Bonchev–Trinajstić information content (AvgIpc) is 2.57. The molecule has 0 atom stereocenters. The van der Waals surface area contributed by atoms with Gasteiger partial charge in [0.2, 0.25) is 0 Å². The molecule has 2 heterocycles. The van der Waals surface area contributed by atoms with E-state index >= 15 is 0 Å². The van der Waals surface area contributed by atoms with Gasteiger partial charge in [0.05, 0.1) is 13.2 Å². The van der Waals surface area contributed by atoms with Gasteiger partial charge in [0.25, 0.3) is 5.91 Å². The number of hydrogen-bond acceptors (Lipinski definition) is 4. The number of rotatable bonds is 3. The predicted molar refractivity (Wildman–Crippen MR) is 85.4 cm³/mol. The normalized spacial score (nSPS) is 14.7. The number of nitrogens with zero attached hydrogens (tertiary/aromatic N) is 2. The second-order valence-electron chi connectivity index (χ2n) is 5.27. The van der Waals surface area contributed by atoms with E-state index < -0.39 is 0 Å². The minimum Gasteiger partial charge on any atom is -0.378 e. The lowest BCUT2D eigenvalue weighted by atomic mass is 10.2. The number of pyridine rings is 1. The van der Waals surface area contributed by atoms with Crippen molar-refractivity contribution in [3.8, 4) is 0 Å². The monoisotopic (exact) mass is 297 g/mol. The van der Waals surface area contributed by atoms with Crippen molar-refractivity contribution in [1.29, 1.82) is 0 Å². The molecule has 1 aromatic carbocycles. The smallest absolute Gasteiger partial charge is 0.272 e. The fourth-order valence-corrected chi connectivity index (χ4v) is 2.42. The van der Waals surface area contributed by atoms with Crippen LogP contribution in [0.4, 0.5) is 11.4 Å². The van der Waals surface area contributed by atoms with E-state index in [2.05, 4.69) is 10.3 Å². The first-order valence-corrected chi connectivity index (χ1v) is 7.40. The molecule has 1 aromatic heterocycles. The van der Waals surface area contributed by atoms with E-state index in [9.17, 15) is 4.79 Å². The van der Waals surface area contributed by atoms with Crippen LogP contribution in [0.25, 0.3) is 0 Å². The zero-order valence-electron chi connectivity index (χ0n) is 12.6. The first-order chi connectivity index (χ1) is 10.7. The van der Waals surface area contributed by atoms with E-state index in [-0.39, 0.29) is 5.91 Å². The Morgan fingerprint density at radius 3 is 2.77 bits per heavy atom. The molecule has 1 fully saturated rings. The molecule has 0 saturated carbocycles. The molecule has 0 aliphatic carbocycles. The molecule has 5 heteroatoms. The standard InChI is InChI=1S/C17H19N3O2/c1-13-4-2-3-5-15(13)19-14-6-7-18-16(12-14)17(21)20-8-10-22-11-9-20/h2-7,12H,8-11H2,1H3,(H,18,19). The summed E-state index contributed by atoms with van der Waals surface area (Å²) in [6.45, 7) is 4.47. The summed E-state index contributed by atoms with van der Waals surface area (Å²) in [5.41, 5.74) is 3.50. The lowest BCUT2D eigenvalue weighted by molar-refractivity contribution is 0.0299. The number of carbonyl (C=O) groups is 1. The Bertz CT molecular complexity index is 666. The number of anilines is 2. The van der Waals surface area contributed by atoms with Gasteiger partial charge >= 0.3 is 0 Å². The number of benzene rings is 1. The Kier molecular flexibility index (Phi) is 4.34. The van der Waals surface area contributed by atoms with Gasteiger partial charge < -0.3 is 15.0 Å². The van der Waals surface area contributed by atoms with Crippen molar-refractivity contribution in [2.75, 3.05) is 31.6 Å². The van der Waals surface area contributed by atoms with Crippen LogP contribution in [0.3, 0.4) is 0 Å². The Morgan fingerprint density at radius 1 is 1.23 bits per heavy atom. The number of ether oxygens (including phenoxy) is 1. The molecule has 5 nitrogen and oxygen atoms in total. The van der Waals surface area contributed by atoms with Gasteiger partial charge in [0.15, 0.2) is 0 Å². The van der Waals surface area contributed by atoms with Crippen LogP contribution < -0.4 is 5.32 Å². The van der Waals surface area contributed by atoms with Crippen LogP contribution in [0.15, 0.2) is 42.6 Å². The third kappa shape index (κ3) is 3.26. The number of para-hydroxylation sites is 1. The first kappa shape index (κ1) is 14.5. The quantitative estimate of drug-likeness (QED) is 0.946. The lowest BCUT2D eigenvalue weighted by Gasteiger charge is -2.26. The first-order valence-electron chi connectivity index (χ1n) is 7.40. The highest BCUT2D eigenvalue weighted by molar-refractivity contribution is 5.93. The number of nitrogens with one attached hydrogen (secondary N) is 1. The molecule has 1 amide bonds. The van der Waals surface area contributed by atoms with Gasteiger partial charge in [-0.05, 0) is 30.7 Å². The molecule has 1 aliphatic heterocycles. The fourth-order valence-electron chi connectivity index (χ4n) is 2.42. The van der Waals surface area contributed by atoms with E-state index in [0.29, 0.717) is 32.0 Å². The van der Waals surface area contributed by atoms with Crippen LogP contribution in [0.1, 0.15) is 16.1 Å². The maximum Gasteiger partial charge on any atom is 0.272 e. The average molecular weight is 297 g/mol. The number of amides is 1. The number of aryl methyl sites for hydroxylation is 1. The van der Waals surface area contributed by atoms with E-state index in [4.69, 9.17) is 4.74 Å². The van der Waals surface area contributed by atoms with Gasteiger partial charge in [0, 0.05) is 30.7 Å². The van der Waals surface area contributed by atoms with Crippen molar-refractivity contribution < 1.29 is 9.53 Å². The van der Waals surface area contributed by atoms with Crippen LogP contribution in [0, 0.1) is 6.92 Å². The largest absolute Gasteiger partial charge is 0.378 e. The summed E-state index contributed by atoms with van der Waals surface area (Å²) in [6, 6.07) is 11.7. The molecule has 2 aromatic rings.